The molecule has 6 heteroatoms. The van der Waals surface area contributed by atoms with E-state index in [2.05, 4.69) is 44.8 Å². The lowest BCUT2D eigenvalue weighted by molar-refractivity contribution is 0.608. The van der Waals surface area contributed by atoms with Crippen LogP contribution in [0.4, 0.5) is 5.82 Å². The van der Waals surface area contributed by atoms with Gasteiger partial charge in [-0.3, -0.25) is 0 Å². The zero-order valence-electron chi connectivity index (χ0n) is 11.4. The molecular weight excluding hydrogens is 266 g/mol. The molecule has 0 amide bonds. The zero-order valence-corrected chi connectivity index (χ0v) is 11.4. The third-order valence-electron chi connectivity index (χ3n) is 4.01. The van der Waals surface area contributed by atoms with Crippen LogP contribution in [0.15, 0.2) is 41.5 Å². The second-order valence-electron chi connectivity index (χ2n) is 5.38. The third kappa shape index (κ3) is 2.18. The van der Waals surface area contributed by atoms with Crippen LogP contribution in [0, 0.1) is 0 Å². The average Bonchev–Trinajstić information content (AvgIpc) is 2.88. The number of fused-ring (bicyclic) bond motifs is 2. The van der Waals surface area contributed by atoms with Crippen LogP contribution in [0.5, 0.6) is 0 Å². The van der Waals surface area contributed by atoms with E-state index in [1.165, 1.54) is 21.9 Å². The maximum absolute atomic E-state index is 11.4. The highest BCUT2D eigenvalue weighted by Gasteiger charge is 2.18. The minimum atomic E-state index is -0.268. The number of nitrogens with one attached hydrogen (secondary N) is 2. The van der Waals surface area contributed by atoms with E-state index in [4.69, 9.17) is 0 Å². The molecule has 1 aliphatic carbocycles. The van der Waals surface area contributed by atoms with Crippen LogP contribution in [0.3, 0.4) is 0 Å². The molecule has 1 aliphatic rings. The largest absolute Gasteiger partial charge is 0.367 e. The van der Waals surface area contributed by atoms with Crippen molar-refractivity contribution in [2.45, 2.75) is 25.3 Å². The first kappa shape index (κ1) is 12.1. The van der Waals surface area contributed by atoms with Crippen molar-refractivity contribution in [1.82, 2.24) is 19.6 Å². The number of aryl methyl sites for hydroxylation is 1. The van der Waals surface area contributed by atoms with Crippen molar-refractivity contribution in [2.24, 2.45) is 0 Å². The normalized spacial score (nSPS) is 17.6. The number of benzene rings is 1. The minimum Gasteiger partial charge on any atom is -0.367 e. The molecule has 3 aromatic rings. The Morgan fingerprint density at radius 3 is 3.05 bits per heavy atom. The van der Waals surface area contributed by atoms with Crippen molar-refractivity contribution in [3.8, 4) is 0 Å². The van der Waals surface area contributed by atoms with Gasteiger partial charge >= 0.3 is 5.69 Å². The second kappa shape index (κ2) is 4.73. The van der Waals surface area contributed by atoms with Crippen molar-refractivity contribution in [1.29, 1.82) is 0 Å². The highest BCUT2D eigenvalue weighted by Crippen LogP contribution is 2.23. The molecule has 0 spiro atoms. The van der Waals surface area contributed by atoms with Crippen molar-refractivity contribution < 1.29 is 0 Å². The number of aromatic nitrogens is 4. The molecule has 2 heterocycles. The molecule has 0 bridgehead atoms. The Hall–Kier alpha value is -2.63. The quantitative estimate of drug-likeness (QED) is 0.744. The summed E-state index contributed by atoms with van der Waals surface area (Å²) in [4.78, 5) is 15.7. The monoisotopic (exact) mass is 281 g/mol. The van der Waals surface area contributed by atoms with Crippen LogP contribution < -0.4 is 11.0 Å². The summed E-state index contributed by atoms with van der Waals surface area (Å²) in [5.41, 5.74) is 3.15. The predicted octanol–water partition coefficient (Wildman–Crippen LogP) is 1.39. The van der Waals surface area contributed by atoms with Gasteiger partial charge in [0.1, 0.15) is 12.1 Å². The van der Waals surface area contributed by atoms with E-state index >= 15 is 0 Å². The first-order chi connectivity index (χ1) is 10.3. The first-order valence-corrected chi connectivity index (χ1v) is 7.06. The number of H-pyrrole nitrogens is 1. The molecule has 21 heavy (non-hydrogen) atoms. The topological polar surface area (TPSA) is 75.1 Å². The van der Waals surface area contributed by atoms with E-state index in [0.29, 0.717) is 11.7 Å². The van der Waals surface area contributed by atoms with Gasteiger partial charge in [0.25, 0.3) is 0 Å². The van der Waals surface area contributed by atoms with Crippen LogP contribution >= 0.6 is 0 Å². The molecule has 4 rings (SSSR count). The third-order valence-corrected chi connectivity index (χ3v) is 4.01. The lowest BCUT2D eigenvalue weighted by Crippen LogP contribution is -2.27. The summed E-state index contributed by atoms with van der Waals surface area (Å²) in [5, 5.41) is 9.81. The zero-order chi connectivity index (χ0) is 14.2. The second-order valence-corrected chi connectivity index (χ2v) is 5.38. The number of hydrogen-bond donors (Lipinski definition) is 2. The fourth-order valence-electron chi connectivity index (χ4n) is 2.92. The molecule has 2 aromatic heterocycles. The van der Waals surface area contributed by atoms with E-state index in [-0.39, 0.29) is 5.69 Å². The molecule has 0 aliphatic heterocycles. The Morgan fingerprint density at radius 1 is 1.29 bits per heavy atom. The summed E-state index contributed by atoms with van der Waals surface area (Å²) in [5.74, 6) is 0.755. The molecule has 1 aromatic carbocycles. The average molecular weight is 281 g/mol. The Kier molecular flexibility index (Phi) is 2.73. The molecule has 0 radical (unpaired) electrons. The van der Waals surface area contributed by atoms with Crippen molar-refractivity contribution in [3.63, 3.8) is 0 Å². The SMILES string of the molecule is O=c1[nH]nc2cc(NC3CCc4ccccc4C3)ncn12. The maximum Gasteiger partial charge on any atom is 0.348 e. The Balaban J connectivity index is 1.57. The van der Waals surface area contributed by atoms with Crippen molar-refractivity contribution >= 4 is 11.5 Å². The number of hydrogen-bond acceptors (Lipinski definition) is 4. The lowest BCUT2D eigenvalue weighted by atomic mass is 9.88. The van der Waals surface area contributed by atoms with E-state index in [1.807, 2.05) is 0 Å². The molecule has 1 unspecified atom stereocenters. The Morgan fingerprint density at radius 2 is 2.14 bits per heavy atom. The molecule has 1 atom stereocenters. The van der Waals surface area contributed by atoms with Crippen molar-refractivity contribution in [3.05, 3.63) is 58.3 Å². The minimum absolute atomic E-state index is 0.268. The molecule has 6 nitrogen and oxygen atoms in total. The summed E-state index contributed by atoms with van der Waals surface area (Å²) in [6.07, 6.45) is 4.66. The van der Waals surface area contributed by atoms with Gasteiger partial charge in [-0.1, -0.05) is 24.3 Å². The van der Waals surface area contributed by atoms with E-state index in [9.17, 15) is 4.79 Å². The smallest absolute Gasteiger partial charge is 0.348 e. The van der Waals surface area contributed by atoms with Crippen LogP contribution in [-0.4, -0.2) is 25.6 Å². The number of nitrogens with zero attached hydrogens (tertiary/aromatic N) is 3. The van der Waals surface area contributed by atoms with Crippen molar-refractivity contribution in [2.75, 3.05) is 5.32 Å². The molecule has 0 saturated carbocycles. The van der Waals surface area contributed by atoms with Gasteiger partial charge in [0.2, 0.25) is 0 Å². The Bertz CT molecular complexity index is 850. The van der Waals surface area contributed by atoms with E-state index in [1.54, 1.807) is 6.07 Å². The summed E-state index contributed by atoms with van der Waals surface area (Å²) in [6.45, 7) is 0. The van der Waals surface area contributed by atoms with Gasteiger partial charge in [0, 0.05) is 12.1 Å². The molecule has 0 saturated heterocycles. The van der Waals surface area contributed by atoms with Gasteiger partial charge in [0.05, 0.1) is 0 Å². The van der Waals surface area contributed by atoms with Gasteiger partial charge < -0.3 is 5.32 Å². The van der Waals surface area contributed by atoms with Crippen LogP contribution in [0.1, 0.15) is 17.5 Å². The maximum atomic E-state index is 11.4. The highest BCUT2D eigenvalue weighted by atomic mass is 16.1. The fourth-order valence-corrected chi connectivity index (χ4v) is 2.92. The standard InChI is InChI=1S/C15H15N5O/c21-15-19-18-14-8-13(16-9-20(14)15)17-12-6-5-10-3-1-2-4-11(10)7-12/h1-4,8-9,12,17H,5-7H2,(H,19,21). The summed E-state index contributed by atoms with van der Waals surface area (Å²) >= 11 is 0. The van der Waals surface area contributed by atoms with Crippen LogP contribution in [0.2, 0.25) is 0 Å². The fraction of sp³-hybridized carbons (Fsp3) is 0.267. The van der Waals surface area contributed by atoms with Gasteiger partial charge in [-0.15, -0.1) is 0 Å². The van der Waals surface area contributed by atoms with Gasteiger partial charge in [-0.25, -0.2) is 19.3 Å². The summed E-state index contributed by atoms with van der Waals surface area (Å²) < 4.78 is 1.39. The van der Waals surface area contributed by atoms with Gasteiger partial charge in [-0.2, -0.15) is 5.10 Å². The number of rotatable bonds is 2. The van der Waals surface area contributed by atoms with Crippen LogP contribution in [-0.2, 0) is 12.8 Å². The summed E-state index contributed by atoms with van der Waals surface area (Å²) in [6, 6.07) is 10.7. The first-order valence-electron chi connectivity index (χ1n) is 7.06. The lowest BCUT2D eigenvalue weighted by Gasteiger charge is -2.25. The molecule has 106 valence electrons. The highest BCUT2D eigenvalue weighted by molar-refractivity contribution is 5.49. The Labute approximate surface area is 120 Å². The molecular formula is C15H15N5O. The molecule has 0 fully saturated rings. The molecule has 2 N–H and O–H groups in total. The van der Waals surface area contributed by atoms with Crippen LogP contribution in [0.25, 0.3) is 5.65 Å². The summed E-state index contributed by atoms with van der Waals surface area (Å²) in [7, 11) is 0. The van der Waals surface area contributed by atoms with E-state index in [0.717, 1.165) is 25.1 Å². The van der Waals surface area contributed by atoms with E-state index < -0.39 is 0 Å². The van der Waals surface area contributed by atoms with Gasteiger partial charge in [-0.05, 0) is 30.4 Å². The number of anilines is 1. The van der Waals surface area contributed by atoms with Gasteiger partial charge in [0.15, 0.2) is 5.65 Å². The predicted molar refractivity (Wildman–Crippen MR) is 79.5 cm³/mol. The number of aromatic amines is 1.